The highest BCUT2D eigenvalue weighted by Crippen LogP contribution is 2.23. The first kappa shape index (κ1) is 11.5. The molecule has 1 rings (SSSR count). The second-order valence-electron chi connectivity index (χ2n) is 3.59. The molecule has 0 unspecified atom stereocenters. The van der Waals surface area contributed by atoms with Gasteiger partial charge < -0.3 is 14.2 Å². The highest BCUT2D eigenvalue weighted by atomic mass is 16.6. The summed E-state index contributed by atoms with van der Waals surface area (Å²) in [6, 6.07) is 0. The van der Waals surface area contributed by atoms with E-state index in [1.807, 2.05) is 6.92 Å². The summed E-state index contributed by atoms with van der Waals surface area (Å²) >= 11 is 0. The molecule has 1 aliphatic heterocycles. The molecule has 1 aliphatic rings. The summed E-state index contributed by atoms with van der Waals surface area (Å²) in [5, 5.41) is 0. The fraction of sp³-hybridized carbons (Fsp3) is 0.900. The second-order valence-corrected chi connectivity index (χ2v) is 3.59. The average Bonchev–Trinajstić information content (AvgIpc) is 2.18. The Kier molecular flexibility index (Phi) is 4.35. The van der Waals surface area contributed by atoms with E-state index in [1.54, 1.807) is 7.11 Å². The first-order valence-corrected chi connectivity index (χ1v) is 4.92. The third-order valence-corrected chi connectivity index (χ3v) is 2.63. The van der Waals surface area contributed by atoms with E-state index in [0.29, 0.717) is 6.42 Å². The van der Waals surface area contributed by atoms with Crippen molar-refractivity contribution in [1.82, 2.24) is 0 Å². The van der Waals surface area contributed by atoms with Crippen molar-refractivity contribution >= 4 is 5.97 Å². The van der Waals surface area contributed by atoms with E-state index in [0.717, 1.165) is 12.8 Å². The monoisotopic (exact) mass is 202 g/mol. The van der Waals surface area contributed by atoms with E-state index in [2.05, 4.69) is 4.74 Å². The molecule has 4 heteroatoms. The van der Waals surface area contributed by atoms with Crippen LogP contribution in [0.2, 0.25) is 0 Å². The number of esters is 1. The lowest BCUT2D eigenvalue weighted by atomic mass is 10.00. The van der Waals surface area contributed by atoms with Crippen LogP contribution in [0.25, 0.3) is 0 Å². The first-order valence-electron chi connectivity index (χ1n) is 4.92. The fourth-order valence-electron chi connectivity index (χ4n) is 1.77. The van der Waals surface area contributed by atoms with Gasteiger partial charge in [-0.05, 0) is 19.8 Å². The van der Waals surface area contributed by atoms with Gasteiger partial charge in [0.15, 0.2) is 0 Å². The molecule has 14 heavy (non-hydrogen) atoms. The second kappa shape index (κ2) is 5.32. The SMILES string of the molecule is COC(=O)C[C@H]1CC[C@H](OC)[C@@H](C)O1. The number of carbonyl (C=O) groups excluding carboxylic acids is 1. The molecule has 0 aromatic rings. The van der Waals surface area contributed by atoms with Crippen molar-refractivity contribution in [3.05, 3.63) is 0 Å². The number of ether oxygens (including phenoxy) is 3. The molecule has 0 N–H and O–H groups in total. The van der Waals surface area contributed by atoms with Gasteiger partial charge in [-0.2, -0.15) is 0 Å². The van der Waals surface area contributed by atoms with Crippen LogP contribution in [0, 0.1) is 0 Å². The van der Waals surface area contributed by atoms with Crippen LogP contribution in [0.15, 0.2) is 0 Å². The zero-order valence-electron chi connectivity index (χ0n) is 8.99. The third kappa shape index (κ3) is 2.96. The molecule has 0 aromatic carbocycles. The standard InChI is InChI=1S/C10H18O4/c1-7-9(12-2)5-4-8(14-7)6-10(11)13-3/h7-9H,4-6H2,1-3H3/t7-,8-,9+/m1/s1. The van der Waals surface area contributed by atoms with Crippen molar-refractivity contribution < 1.29 is 19.0 Å². The maximum absolute atomic E-state index is 11.0. The maximum Gasteiger partial charge on any atom is 0.308 e. The Morgan fingerprint density at radius 1 is 1.43 bits per heavy atom. The molecule has 0 aromatic heterocycles. The molecule has 1 saturated heterocycles. The molecule has 0 aliphatic carbocycles. The maximum atomic E-state index is 11.0. The lowest BCUT2D eigenvalue weighted by molar-refractivity contribution is -0.153. The molecule has 0 amide bonds. The summed E-state index contributed by atoms with van der Waals surface area (Å²) in [4.78, 5) is 11.0. The van der Waals surface area contributed by atoms with Crippen LogP contribution >= 0.6 is 0 Å². The number of rotatable bonds is 3. The van der Waals surface area contributed by atoms with Crippen molar-refractivity contribution in [2.24, 2.45) is 0 Å². The Bertz CT molecular complexity index is 193. The van der Waals surface area contributed by atoms with Crippen molar-refractivity contribution in [1.29, 1.82) is 0 Å². The van der Waals surface area contributed by atoms with Crippen LogP contribution in [0.1, 0.15) is 26.2 Å². The number of methoxy groups -OCH3 is 2. The Balaban J connectivity index is 2.35. The molecule has 82 valence electrons. The van der Waals surface area contributed by atoms with Gasteiger partial charge in [-0.1, -0.05) is 0 Å². The van der Waals surface area contributed by atoms with Gasteiger partial charge in [0.05, 0.1) is 31.8 Å². The van der Waals surface area contributed by atoms with E-state index < -0.39 is 0 Å². The number of hydrogen-bond acceptors (Lipinski definition) is 4. The normalized spacial score (nSPS) is 32.6. The van der Waals surface area contributed by atoms with Crippen LogP contribution in [0.5, 0.6) is 0 Å². The van der Waals surface area contributed by atoms with Crippen LogP contribution in [0.4, 0.5) is 0 Å². The van der Waals surface area contributed by atoms with Gasteiger partial charge in [-0.25, -0.2) is 0 Å². The van der Waals surface area contributed by atoms with Crippen LogP contribution in [0.3, 0.4) is 0 Å². The summed E-state index contributed by atoms with van der Waals surface area (Å²) in [5.41, 5.74) is 0. The first-order chi connectivity index (χ1) is 6.67. The Labute approximate surface area is 84.5 Å². The van der Waals surface area contributed by atoms with E-state index in [4.69, 9.17) is 9.47 Å². The highest BCUT2D eigenvalue weighted by Gasteiger charge is 2.29. The zero-order valence-corrected chi connectivity index (χ0v) is 8.99. The Hall–Kier alpha value is -0.610. The minimum atomic E-state index is -0.210. The Morgan fingerprint density at radius 2 is 2.14 bits per heavy atom. The van der Waals surface area contributed by atoms with Crippen molar-refractivity contribution in [2.45, 2.75) is 44.5 Å². The molecule has 0 bridgehead atoms. The molecule has 1 heterocycles. The molecule has 4 nitrogen and oxygen atoms in total. The van der Waals surface area contributed by atoms with Crippen LogP contribution in [-0.2, 0) is 19.0 Å². The number of hydrogen-bond donors (Lipinski definition) is 0. The fourth-order valence-corrected chi connectivity index (χ4v) is 1.77. The van der Waals surface area contributed by atoms with Gasteiger partial charge in [-0.3, -0.25) is 4.79 Å². The van der Waals surface area contributed by atoms with E-state index in [9.17, 15) is 4.79 Å². The average molecular weight is 202 g/mol. The molecule has 0 saturated carbocycles. The molecule has 0 radical (unpaired) electrons. The molecule has 1 fully saturated rings. The van der Waals surface area contributed by atoms with Crippen molar-refractivity contribution in [2.75, 3.05) is 14.2 Å². The minimum absolute atomic E-state index is 0.0103. The lowest BCUT2D eigenvalue weighted by Gasteiger charge is -2.33. The van der Waals surface area contributed by atoms with Gasteiger partial charge in [-0.15, -0.1) is 0 Å². The summed E-state index contributed by atoms with van der Waals surface area (Å²) in [6.45, 7) is 1.97. The largest absolute Gasteiger partial charge is 0.469 e. The van der Waals surface area contributed by atoms with Crippen LogP contribution in [-0.4, -0.2) is 38.5 Å². The predicted molar refractivity (Wildman–Crippen MR) is 51.0 cm³/mol. The summed E-state index contributed by atoms with van der Waals surface area (Å²) in [6.07, 6.45) is 2.35. The van der Waals surface area contributed by atoms with Gasteiger partial charge in [0.2, 0.25) is 0 Å². The highest BCUT2D eigenvalue weighted by molar-refractivity contribution is 5.69. The van der Waals surface area contributed by atoms with Gasteiger partial charge in [0.25, 0.3) is 0 Å². The molecular weight excluding hydrogens is 184 g/mol. The smallest absolute Gasteiger partial charge is 0.308 e. The van der Waals surface area contributed by atoms with Crippen LogP contribution < -0.4 is 0 Å². The molecule has 0 spiro atoms. The number of carbonyl (C=O) groups is 1. The van der Waals surface area contributed by atoms with Crippen molar-refractivity contribution in [3.8, 4) is 0 Å². The molecular formula is C10H18O4. The zero-order chi connectivity index (χ0) is 10.6. The summed E-state index contributed by atoms with van der Waals surface area (Å²) in [7, 11) is 3.08. The summed E-state index contributed by atoms with van der Waals surface area (Å²) in [5.74, 6) is -0.210. The summed E-state index contributed by atoms with van der Waals surface area (Å²) < 4.78 is 15.5. The minimum Gasteiger partial charge on any atom is -0.469 e. The molecule has 3 atom stereocenters. The van der Waals surface area contributed by atoms with E-state index in [-0.39, 0.29) is 24.3 Å². The van der Waals surface area contributed by atoms with E-state index >= 15 is 0 Å². The topological polar surface area (TPSA) is 44.8 Å². The van der Waals surface area contributed by atoms with Gasteiger partial charge in [0.1, 0.15) is 0 Å². The van der Waals surface area contributed by atoms with E-state index in [1.165, 1.54) is 7.11 Å². The third-order valence-electron chi connectivity index (χ3n) is 2.63. The van der Waals surface area contributed by atoms with Gasteiger partial charge >= 0.3 is 5.97 Å². The lowest BCUT2D eigenvalue weighted by Crippen LogP contribution is -2.38. The predicted octanol–water partition coefficient (Wildman–Crippen LogP) is 1.13. The van der Waals surface area contributed by atoms with Crippen molar-refractivity contribution in [3.63, 3.8) is 0 Å². The Morgan fingerprint density at radius 3 is 2.64 bits per heavy atom. The quantitative estimate of drug-likeness (QED) is 0.643. The van der Waals surface area contributed by atoms with Gasteiger partial charge in [0, 0.05) is 7.11 Å².